The molecule has 0 saturated carbocycles. The van der Waals surface area contributed by atoms with E-state index in [1.165, 1.54) is 24.3 Å². The van der Waals surface area contributed by atoms with Crippen LogP contribution in [0, 0.1) is 5.92 Å². The Labute approximate surface area is 251 Å². The maximum absolute atomic E-state index is 11.8. The molecule has 0 aliphatic heterocycles. The molecule has 13 nitrogen and oxygen atoms in total. The number of carbonyl (C=O) groups is 4. The van der Waals surface area contributed by atoms with Crippen molar-refractivity contribution in [1.29, 1.82) is 0 Å². The molecule has 0 saturated heterocycles. The fourth-order valence-electron chi connectivity index (χ4n) is 4.59. The normalized spacial score (nSPS) is 11.0. The quantitative estimate of drug-likeness (QED) is 0.129. The van der Waals surface area contributed by atoms with E-state index in [1.54, 1.807) is 34.1 Å². The van der Waals surface area contributed by atoms with Crippen molar-refractivity contribution < 1.29 is 39.6 Å². The van der Waals surface area contributed by atoms with Gasteiger partial charge in [0, 0.05) is 26.2 Å². The monoisotopic (exact) mass is 607 g/mol. The first-order chi connectivity index (χ1) is 20.5. The summed E-state index contributed by atoms with van der Waals surface area (Å²) in [5.74, 6) is -4.96. The molecule has 0 spiro atoms. The Morgan fingerprint density at radius 3 is 1.60 bits per heavy atom. The Bertz CT molecular complexity index is 1430. The van der Waals surface area contributed by atoms with Gasteiger partial charge in [0.1, 0.15) is 11.4 Å². The first-order valence-electron chi connectivity index (χ1n) is 13.0. The SMILES string of the molecule is O=C(O)CN(Cc1cccc(C(=O)O)n1)CC(Cc1ccc(N=C=S)cc1)CN(CC(=O)O)Cc1cccc(C(=O)O)n1. The zero-order chi connectivity index (χ0) is 31.4. The predicted molar refractivity (Wildman–Crippen MR) is 157 cm³/mol. The number of aliphatic imine (C=N–C) groups is 1. The summed E-state index contributed by atoms with van der Waals surface area (Å²) in [7, 11) is 0. The molecule has 43 heavy (non-hydrogen) atoms. The van der Waals surface area contributed by atoms with Crippen LogP contribution in [0.4, 0.5) is 5.69 Å². The molecule has 224 valence electrons. The van der Waals surface area contributed by atoms with E-state index in [2.05, 4.69) is 32.3 Å². The van der Waals surface area contributed by atoms with Gasteiger partial charge in [-0.2, -0.15) is 4.99 Å². The highest BCUT2D eigenvalue weighted by atomic mass is 32.1. The lowest BCUT2D eigenvalue weighted by molar-refractivity contribution is -0.139. The molecule has 0 aliphatic carbocycles. The molecule has 1 aromatic carbocycles. The van der Waals surface area contributed by atoms with Crippen molar-refractivity contribution in [3.8, 4) is 0 Å². The maximum Gasteiger partial charge on any atom is 0.354 e. The second-order valence-corrected chi connectivity index (χ2v) is 9.89. The van der Waals surface area contributed by atoms with Gasteiger partial charge in [-0.25, -0.2) is 19.6 Å². The number of nitrogens with zero attached hydrogens (tertiary/aromatic N) is 5. The van der Waals surface area contributed by atoms with Gasteiger partial charge in [0.05, 0.1) is 35.3 Å². The van der Waals surface area contributed by atoms with Crippen LogP contribution in [0.15, 0.2) is 65.7 Å². The average Bonchev–Trinajstić information content (AvgIpc) is 2.93. The largest absolute Gasteiger partial charge is 0.480 e. The minimum absolute atomic E-state index is 0.0351. The molecule has 0 bridgehead atoms. The highest BCUT2D eigenvalue weighted by Gasteiger charge is 2.23. The number of isothiocyanates is 1. The Morgan fingerprint density at radius 2 is 1.21 bits per heavy atom. The van der Waals surface area contributed by atoms with Crippen LogP contribution in [0.25, 0.3) is 0 Å². The summed E-state index contributed by atoms with van der Waals surface area (Å²) in [6, 6.07) is 16.1. The van der Waals surface area contributed by atoms with Crippen molar-refractivity contribution in [1.82, 2.24) is 19.8 Å². The molecule has 2 aromatic heterocycles. The number of pyridine rings is 2. The zero-order valence-corrected chi connectivity index (χ0v) is 23.7. The van der Waals surface area contributed by atoms with Crippen LogP contribution >= 0.6 is 12.2 Å². The highest BCUT2D eigenvalue weighted by molar-refractivity contribution is 7.78. The standard InChI is InChI=1S/C29H29N5O8S/c35-26(36)16-33(14-22-3-1-5-24(31-22)28(39)40)12-20(11-19-7-9-21(10-8-19)30-18-43)13-34(17-27(37)38)15-23-4-2-6-25(32-23)29(41)42/h1-10,20H,11-17H2,(H,35,36)(H,37,38)(H,39,40)(H,41,42). The summed E-state index contributed by atoms with van der Waals surface area (Å²) in [6.45, 7) is -0.313. The van der Waals surface area contributed by atoms with E-state index in [4.69, 9.17) is 0 Å². The lowest BCUT2D eigenvalue weighted by Crippen LogP contribution is -2.41. The van der Waals surface area contributed by atoms with Crippen molar-refractivity contribution in [2.75, 3.05) is 26.2 Å². The molecule has 0 amide bonds. The topological polar surface area (TPSA) is 194 Å². The van der Waals surface area contributed by atoms with Gasteiger partial charge in [-0.05, 0) is 66.5 Å². The third kappa shape index (κ3) is 11.1. The number of carboxylic acid groups (broad SMARTS) is 4. The lowest BCUT2D eigenvalue weighted by Gasteiger charge is -2.30. The highest BCUT2D eigenvalue weighted by Crippen LogP contribution is 2.19. The molecular formula is C29H29N5O8S. The summed E-state index contributed by atoms with van der Waals surface area (Å²) in [4.78, 5) is 61.8. The molecular weight excluding hydrogens is 578 g/mol. The first-order valence-corrected chi connectivity index (χ1v) is 13.4. The van der Waals surface area contributed by atoms with E-state index in [0.29, 0.717) is 23.5 Å². The Hall–Kier alpha value is -4.88. The van der Waals surface area contributed by atoms with Crippen LogP contribution < -0.4 is 0 Å². The number of aliphatic carboxylic acids is 2. The van der Waals surface area contributed by atoms with Crippen LogP contribution in [-0.4, -0.2) is 95.4 Å². The second-order valence-electron chi connectivity index (χ2n) is 9.71. The van der Waals surface area contributed by atoms with Crippen LogP contribution in [0.5, 0.6) is 0 Å². The maximum atomic E-state index is 11.8. The van der Waals surface area contributed by atoms with E-state index in [1.807, 2.05) is 12.1 Å². The summed E-state index contributed by atoms with van der Waals surface area (Å²) < 4.78 is 0. The number of rotatable bonds is 17. The molecule has 2 heterocycles. The first kappa shape index (κ1) is 32.6. The molecule has 0 unspecified atom stereocenters. The molecule has 14 heteroatoms. The predicted octanol–water partition coefficient (Wildman–Crippen LogP) is 2.94. The molecule has 0 aliphatic rings. The molecule has 0 radical (unpaired) electrons. The van der Waals surface area contributed by atoms with Gasteiger partial charge in [-0.3, -0.25) is 19.4 Å². The Kier molecular flexibility index (Phi) is 12.1. The number of aromatic carboxylic acids is 2. The number of carboxylic acids is 4. The summed E-state index contributed by atoms with van der Waals surface area (Å²) in [5, 5.41) is 40.2. The zero-order valence-electron chi connectivity index (χ0n) is 22.9. The van der Waals surface area contributed by atoms with Gasteiger partial charge in [0.25, 0.3) is 0 Å². The van der Waals surface area contributed by atoms with Gasteiger partial charge in [-0.15, -0.1) is 0 Å². The van der Waals surface area contributed by atoms with Crippen molar-refractivity contribution in [2.24, 2.45) is 10.9 Å². The molecule has 3 rings (SSSR count). The smallest absolute Gasteiger partial charge is 0.354 e. The summed E-state index contributed by atoms with van der Waals surface area (Å²) in [6.07, 6.45) is 0.416. The van der Waals surface area contributed by atoms with Crippen molar-refractivity contribution in [3.05, 3.63) is 89.0 Å². The van der Waals surface area contributed by atoms with E-state index >= 15 is 0 Å². The number of benzene rings is 1. The minimum Gasteiger partial charge on any atom is -0.480 e. The van der Waals surface area contributed by atoms with Gasteiger partial charge in [-0.1, -0.05) is 24.3 Å². The Morgan fingerprint density at radius 1 is 0.744 bits per heavy atom. The van der Waals surface area contributed by atoms with Gasteiger partial charge in [0.2, 0.25) is 0 Å². The summed E-state index contributed by atoms with van der Waals surface area (Å²) >= 11 is 4.65. The lowest BCUT2D eigenvalue weighted by atomic mass is 9.97. The van der Waals surface area contributed by atoms with Crippen molar-refractivity contribution in [3.63, 3.8) is 0 Å². The van der Waals surface area contributed by atoms with Gasteiger partial charge >= 0.3 is 23.9 Å². The fraction of sp³-hybridized carbons (Fsp3) is 0.276. The Balaban J connectivity index is 1.92. The second kappa shape index (κ2) is 15.9. The molecule has 0 fully saturated rings. The molecule has 0 atom stereocenters. The number of hydrogen-bond acceptors (Lipinski definition) is 10. The average molecular weight is 608 g/mol. The number of hydrogen-bond donors (Lipinski definition) is 4. The fourth-order valence-corrected chi connectivity index (χ4v) is 4.70. The van der Waals surface area contributed by atoms with E-state index < -0.39 is 23.9 Å². The van der Waals surface area contributed by atoms with Gasteiger partial charge < -0.3 is 20.4 Å². The molecule has 3 aromatic rings. The van der Waals surface area contributed by atoms with E-state index in [9.17, 15) is 39.6 Å². The van der Waals surface area contributed by atoms with Crippen LogP contribution in [0.3, 0.4) is 0 Å². The van der Waals surface area contributed by atoms with Crippen molar-refractivity contribution in [2.45, 2.75) is 19.5 Å². The van der Waals surface area contributed by atoms with E-state index in [-0.39, 0.29) is 56.6 Å². The third-order valence-electron chi connectivity index (χ3n) is 6.21. The van der Waals surface area contributed by atoms with Gasteiger partial charge in [0.15, 0.2) is 0 Å². The van der Waals surface area contributed by atoms with E-state index in [0.717, 1.165) is 5.56 Å². The van der Waals surface area contributed by atoms with Crippen LogP contribution in [0.1, 0.15) is 37.9 Å². The van der Waals surface area contributed by atoms with Crippen LogP contribution in [-0.2, 0) is 29.1 Å². The van der Waals surface area contributed by atoms with Crippen molar-refractivity contribution >= 4 is 46.9 Å². The van der Waals surface area contributed by atoms with Crippen LogP contribution in [0.2, 0.25) is 0 Å². The third-order valence-corrected chi connectivity index (χ3v) is 6.30. The number of aromatic nitrogens is 2. The minimum atomic E-state index is -1.21. The summed E-state index contributed by atoms with van der Waals surface area (Å²) in [5.41, 5.74) is 1.85. The molecule has 4 N–H and O–H groups in total. The number of thiocarbonyl (C=S) groups is 1.